The van der Waals surface area contributed by atoms with Gasteiger partial charge in [-0.1, -0.05) is 30.3 Å². The molecule has 2 aromatic rings. The lowest BCUT2D eigenvalue weighted by Gasteiger charge is -2.33. The first-order valence-corrected chi connectivity index (χ1v) is 11.8. The zero-order chi connectivity index (χ0) is 23.4. The van der Waals surface area contributed by atoms with Crippen LogP contribution in [0.2, 0.25) is 0 Å². The maximum absolute atomic E-state index is 12.7. The van der Waals surface area contributed by atoms with E-state index in [1.807, 2.05) is 0 Å². The molecule has 1 fully saturated rings. The van der Waals surface area contributed by atoms with Gasteiger partial charge < -0.3 is 19.7 Å². The number of ether oxygens (including phenoxy) is 2. The molecule has 2 heterocycles. The summed E-state index contributed by atoms with van der Waals surface area (Å²) in [5.41, 5.74) is 0.524. The summed E-state index contributed by atoms with van der Waals surface area (Å²) in [6.45, 7) is 0.175. The monoisotopic (exact) mass is 473 g/mol. The fraction of sp³-hybridized carbons (Fsp3) is 0.318. The van der Waals surface area contributed by atoms with E-state index in [2.05, 4.69) is 5.32 Å². The summed E-state index contributed by atoms with van der Waals surface area (Å²) in [6, 6.07) is 15.0. The van der Waals surface area contributed by atoms with E-state index in [0.29, 0.717) is 11.4 Å². The van der Waals surface area contributed by atoms with Crippen molar-refractivity contribution in [2.75, 3.05) is 38.1 Å². The number of nitrogens with zero attached hydrogens (tertiary/aromatic N) is 2. The molecule has 11 heteroatoms. The fourth-order valence-corrected chi connectivity index (χ4v) is 5.03. The summed E-state index contributed by atoms with van der Waals surface area (Å²) in [4.78, 5) is 38.3. The Labute approximate surface area is 191 Å². The van der Waals surface area contributed by atoms with Crippen molar-refractivity contribution in [3.63, 3.8) is 0 Å². The number of para-hydroxylation sites is 2. The molecular formula is C22H23N3O7S. The first-order valence-electron chi connectivity index (χ1n) is 10.4. The summed E-state index contributed by atoms with van der Waals surface area (Å²) >= 11 is 0. The first kappa shape index (κ1) is 22.7. The third-order valence-electron chi connectivity index (χ3n) is 5.39. The van der Waals surface area contributed by atoms with Crippen molar-refractivity contribution in [3.05, 3.63) is 54.6 Å². The second kappa shape index (κ2) is 9.59. The second-order valence-electron chi connectivity index (χ2n) is 7.55. The number of benzene rings is 2. The van der Waals surface area contributed by atoms with Gasteiger partial charge in [0, 0.05) is 26.2 Å². The molecule has 1 saturated heterocycles. The van der Waals surface area contributed by atoms with E-state index in [-0.39, 0.29) is 37.5 Å². The first-order chi connectivity index (χ1) is 15.8. The number of hydrogen-bond acceptors (Lipinski definition) is 7. The number of esters is 1. The molecular weight excluding hydrogens is 450 g/mol. The highest BCUT2D eigenvalue weighted by atomic mass is 32.2. The molecule has 0 unspecified atom stereocenters. The average molecular weight is 474 g/mol. The number of carbonyl (C=O) groups excluding carboxylic acids is 3. The highest BCUT2D eigenvalue weighted by Crippen LogP contribution is 2.29. The van der Waals surface area contributed by atoms with E-state index >= 15 is 0 Å². The predicted molar refractivity (Wildman–Crippen MR) is 117 cm³/mol. The summed E-state index contributed by atoms with van der Waals surface area (Å²) in [7, 11) is -3.62. The smallest absolute Gasteiger partial charge is 0.310 e. The minimum atomic E-state index is -3.62. The van der Waals surface area contributed by atoms with Gasteiger partial charge in [-0.25, -0.2) is 8.42 Å². The molecule has 0 aliphatic carbocycles. The van der Waals surface area contributed by atoms with Crippen molar-refractivity contribution in [2.45, 2.75) is 17.4 Å². The Morgan fingerprint density at radius 3 is 2.39 bits per heavy atom. The van der Waals surface area contributed by atoms with Crippen molar-refractivity contribution in [1.82, 2.24) is 9.21 Å². The van der Waals surface area contributed by atoms with Crippen molar-refractivity contribution in [1.29, 1.82) is 0 Å². The summed E-state index contributed by atoms with van der Waals surface area (Å²) in [5, 5.41) is 2.66. The molecule has 2 aromatic carbocycles. The highest BCUT2D eigenvalue weighted by Gasteiger charge is 2.32. The van der Waals surface area contributed by atoms with Crippen LogP contribution in [0.5, 0.6) is 5.75 Å². The third kappa shape index (κ3) is 5.15. The van der Waals surface area contributed by atoms with Crippen molar-refractivity contribution >= 4 is 33.5 Å². The maximum atomic E-state index is 12.7. The molecule has 0 radical (unpaired) electrons. The molecule has 2 aliphatic rings. The molecule has 0 spiro atoms. The van der Waals surface area contributed by atoms with Gasteiger partial charge in [-0.05, 0) is 24.3 Å². The molecule has 0 bridgehead atoms. The Kier molecular flexibility index (Phi) is 6.61. The van der Waals surface area contributed by atoms with Crippen LogP contribution < -0.4 is 10.1 Å². The third-order valence-corrected chi connectivity index (χ3v) is 7.30. The van der Waals surface area contributed by atoms with Gasteiger partial charge in [0.15, 0.2) is 12.7 Å². The summed E-state index contributed by atoms with van der Waals surface area (Å²) in [6.07, 6.45) is -1.38. The Balaban J connectivity index is 1.24. The Morgan fingerprint density at radius 2 is 1.67 bits per heavy atom. The number of rotatable bonds is 6. The van der Waals surface area contributed by atoms with Gasteiger partial charge in [0.05, 0.1) is 17.0 Å². The Hall–Kier alpha value is -3.44. The summed E-state index contributed by atoms with van der Waals surface area (Å²) in [5.74, 6) is -1.19. The van der Waals surface area contributed by atoms with E-state index in [1.54, 1.807) is 42.5 Å². The number of amides is 2. The average Bonchev–Trinajstić information content (AvgIpc) is 2.83. The van der Waals surface area contributed by atoms with Crippen LogP contribution in [0.1, 0.15) is 6.42 Å². The quantitative estimate of drug-likeness (QED) is 0.617. The van der Waals surface area contributed by atoms with Crippen LogP contribution in [0.3, 0.4) is 0 Å². The number of carbonyl (C=O) groups is 3. The topological polar surface area (TPSA) is 122 Å². The zero-order valence-electron chi connectivity index (χ0n) is 17.7. The highest BCUT2D eigenvalue weighted by molar-refractivity contribution is 7.89. The maximum Gasteiger partial charge on any atom is 0.310 e. The van der Waals surface area contributed by atoms with Crippen LogP contribution in [-0.4, -0.2) is 74.3 Å². The van der Waals surface area contributed by atoms with E-state index < -0.39 is 40.5 Å². The molecule has 4 rings (SSSR count). The van der Waals surface area contributed by atoms with Crippen molar-refractivity contribution in [3.8, 4) is 5.75 Å². The van der Waals surface area contributed by atoms with Crippen LogP contribution in [0, 0.1) is 0 Å². The summed E-state index contributed by atoms with van der Waals surface area (Å²) < 4.78 is 37.3. The van der Waals surface area contributed by atoms with Gasteiger partial charge in [-0.15, -0.1) is 0 Å². The van der Waals surface area contributed by atoms with Crippen molar-refractivity contribution < 1.29 is 32.3 Å². The molecule has 174 valence electrons. The van der Waals surface area contributed by atoms with Crippen molar-refractivity contribution in [2.24, 2.45) is 0 Å². The number of piperazine rings is 1. The van der Waals surface area contributed by atoms with E-state index in [4.69, 9.17) is 9.47 Å². The number of sulfonamides is 1. The largest absolute Gasteiger partial charge is 0.478 e. The molecule has 0 aromatic heterocycles. The predicted octanol–water partition coefficient (Wildman–Crippen LogP) is 0.853. The minimum absolute atomic E-state index is 0.145. The van der Waals surface area contributed by atoms with Crippen LogP contribution in [0.4, 0.5) is 5.69 Å². The van der Waals surface area contributed by atoms with E-state index in [9.17, 15) is 22.8 Å². The normalized spacial score (nSPS) is 18.6. The molecule has 1 N–H and O–H groups in total. The van der Waals surface area contributed by atoms with Gasteiger partial charge in [-0.2, -0.15) is 4.31 Å². The lowest BCUT2D eigenvalue weighted by Crippen LogP contribution is -2.51. The van der Waals surface area contributed by atoms with Crippen LogP contribution in [0.25, 0.3) is 0 Å². The number of anilines is 1. The minimum Gasteiger partial charge on any atom is -0.478 e. The fourth-order valence-electron chi connectivity index (χ4n) is 3.59. The zero-order valence-corrected chi connectivity index (χ0v) is 18.5. The van der Waals surface area contributed by atoms with Gasteiger partial charge in [0.1, 0.15) is 5.75 Å². The molecule has 10 nitrogen and oxygen atoms in total. The molecule has 0 saturated carbocycles. The standard InChI is InChI=1S/C22H23N3O7S/c26-20(24-10-12-25(13-11-24)33(29,30)16-6-2-1-3-7-16)15-31-21(27)14-19-22(28)23-17-8-4-5-9-18(17)32-19/h1-9,19H,10-15H2,(H,23,28)/t19-/m1/s1. The van der Waals surface area contributed by atoms with Crippen LogP contribution in [-0.2, 0) is 29.1 Å². The lowest BCUT2D eigenvalue weighted by molar-refractivity contribution is -0.154. The van der Waals surface area contributed by atoms with Crippen LogP contribution in [0.15, 0.2) is 59.5 Å². The Morgan fingerprint density at radius 1 is 1.00 bits per heavy atom. The number of nitrogens with one attached hydrogen (secondary N) is 1. The van der Waals surface area contributed by atoms with Gasteiger partial charge in [-0.3, -0.25) is 14.4 Å². The molecule has 2 aliphatic heterocycles. The molecule has 33 heavy (non-hydrogen) atoms. The van der Waals surface area contributed by atoms with E-state index in [1.165, 1.54) is 21.3 Å². The van der Waals surface area contributed by atoms with Crippen LogP contribution >= 0.6 is 0 Å². The van der Waals surface area contributed by atoms with Gasteiger partial charge >= 0.3 is 5.97 Å². The van der Waals surface area contributed by atoms with E-state index in [0.717, 1.165) is 0 Å². The molecule has 1 atom stereocenters. The number of fused-ring (bicyclic) bond motifs is 1. The SMILES string of the molecule is O=C(C[C@H]1Oc2ccccc2NC1=O)OCC(=O)N1CCN(S(=O)(=O)c2ccccc2)CC1. The number of hydrogen-bond donors (Lipinski definition) is 1. The lowest BCUT2D eigenvalue weighted by atomic mass is 10.1. The van der Waals surface area contributed by atoms with Gasteiger partial charge in [0.2, 0.25) is 10.0 Å². The Bertz CT molecular complexity index is 1150. The van der Waals surface area contributed by atoms with Gasteiger partial charge in [0.25, 0.3) is 11.8 Å². The molecule has 2 amide bonds. The second-order valence-corrected chi connectivity index (χ2v) is 9.49.